The van der Waals surface area contributed by atoms with Gasteiger partial charge in [-0.2, -0.15) is 0 Å². The molecular weight excluding hydrogens is 296 g/mol. The average molecular weight is 318 g/mol. The highest BCUT2D eigenvalue weighted by molar-refractivity contribution is 7.86. The van der Waals surface area contributed by atoms with Gasteiger partial charge in [-0.05, 0) is 41.3 Å². The SMILES string of the molecule is COc1ccc(N)cc1S(=O)Nc1cccc(C(C)(C)C)c1. The van der Waals surface area contributed by atoms with E-state index in [1.54, 1.807) is 25.3 Å². The molecule has 0 aromatic heterocycles. The van der Waals surface area contributed by atoms with Gasteiger partial charge in [-0.25, -0.2) is 4.21 Å². The van der Waals surface area contributed by atoms with Gasteiger partial charge in [0.25, 0.3) is 0 Å². The van der Waals surface area contributed by atoms with Crippen molar-refractivity contribution in [3.8, 4) is 5.75 Å². The lowest BCUT2D eigenvalue weighted by Gasteiger charge is -2.20. The second-order valence-corrected chi connectivity index (χ2v) is 7.29. The first-order valence-electron chi connectivity index (χ1n) is 7.04. The zero-order valence-corrected chi connectivity index (χ0v) is 14.2. The highest BCUT2D eigenvalue weighted by atomic mass is 32.2. The van der Waals surface area contributed by atoms with E-state index in [-0.39, 0.29) is 5.41 Å². The summed E-state index contributed by atoms with van der Waals surface area (Å²) in [6, 6.07) is 13.0. The van der Waals surface area contributed by atoms with Crippen LogP contribution >= 0.6 is 0 Å². The van der Waals surface area contributed by atoms with Crippen molar-refractivity contribution in [2.24, 2.45) is 0 Å². The molecule has 2 aromatic rings. The Morgan fingerprint density at radius 3 is 2.50 bits per heavy atom. The number of nitrogen functional groups attached to an aromatic ring is 1. The smallest absolute Gasteiger partial charge is 0.154 e. The van der Waals surface area contributed by atoms with Crippen LogP contribution in [0.2, 0.25) is 0 Å². The van der Waals surface area contributed by atoms with E-state index >= 15 is 0 Å². The Morgan fingerprint density at radius 2 is 1.86 bits per heavy atom. The second-order valence-electron chi connectivity index (χ2n) is 6.11. The number of hydrogen-bond donors (Lipinski definition) is 2. The Morgan fingerprint density at radius 1 is 1.14 bits per heavy atom. The predicted octanol–water partition coefficient (Wildman–Crippen LogP) is 3.71. The molecule has 0 heterocycles. The lowest BCUT2D eigenvalue weighted by molar-refractivity contribution is 0.404. The molecule has 2 aromatic carbocycles. The first-order chi connectivity index (χ1) is 10.3. The number of methoxy groups -OCH3 is 1. The summed E-state index contributed by atoms with van der Waals surface area (Å²) < 4.78 is 20.8. The minimum atomic E-state index is -1.45. The molecule has 2 rings (SSSR count). The molecule has 3 N–H and O–H groups in total. The molecule has 0 saturated carbocycles. The molecule has 1 unspecified atom stereocenters. The minimum absolute atomic E-state index is 0.0358. The summed E-state index contributed by atoms with van der Waals surface area (Å²) in [7, 11) is 0.102. The van der Waals surface area contributed by atoms with Crippen LogP contribution in [0.3, 0.4) is 0 Å². The molecule has 5 heteroatoms. The summed E-state index contributed by atoms with van der Waals surface area (Å²) in [6.07, 6.45) is 0. The van der Waals surface area contributed by atoms with Crippen molar-refractivity contribution in [3.05, 3.63) is 48.0 Å². The number of nitrogens with one attached hydrogen (secondary N) is 1. The monoisotopic (exact) mass is 318 g/mol. The first-order valence-corrected chi connectivity index (χ1v) is 8.19. The summed E-state index contributed by atoms with van der Waals surface area (Å²) >= 11 is 0. The first kappa shape index (κ1) is 16.4. The van der Waals surface area contributed by atoms with Gasteiger partial charge in [0.05, 0.1) is 7.11 Å². The van der Waals surface area contributed by atoms with Crippen LogP contribution in [-0.2, 0) is 16.4 Å². The van der Waals surface area contributed by atoms with Gasteiger partial charge in [-0.1, -0.05) is 32.9 Å². The van der Waals surface area contributed by atoms with Crippen LogP contribution in [0.25, 0.3) is 0 Å². The van der Waals surface area contributed by atoms with E-state index in [9.17, 15) is 4.21 Å². The molecular formula is C17H22N2O2S. The number of ether oxygens (including phenoxy) is 1. The average Bonchev–Trinajstić information content (AvgIpc) is 2.46. The Kier molecular flexibility index (Phi) is 4.76. The fourth-order valence-electron chi connectivity index (χ4n) is 2.05. The highest BCUT2D eigenvalue weighted by Gasteiger charge is 2.15. The van der Waals surface area contributed by atoms with Gasteiger partial charge in [0.2, 0.25) is 0 Å². The lowest BCUT2D eigenvalue weighted by Crippen LogP contribution is -2.12. The van der Waals surface area contributed by atoms with Crippen LogP contribution in [-0.4, -0.2) is 11.3 Å². The Hall–Kier alpha value is -2.01. The summed E-state index contributed by atoms with van der Waals surface area (Å²) in [5, 5.41) is 0. The van der Waals surface area contributed by atoms with Crippen molar-refractivity contribution in [1.82, 2.24) is 0 Å². The van der Waals surface area contributed by atoms with Crippen LogP contribution in [0, 0.1) is 0 Å². The van der Waals surface area contributed by atoms with Gasteiger partial charge in [-0.15, -0.1) is 0 Å². The normalized spacial score (nSPS) is 12.7. The summed E-state index contributed by atoms with van der Waals surface area (Å²) in [4.78, 5) is 0.531. The standard InChI is InChI=1S/C17H22N2O2S/c1-17(2,3)12-6-5-7-14(10-12)19-22(20)16-11-13(18)8-9-15(16)21-4/h5-11,19H,18H2,1-4H3. The van der Waals surface area contributed by atoms with E-state index in [4.69, 9.17) is 10.5 Å². The van der Waals surface area contributed by atoms with Gasteiger partial charge in [0.15, 0.2) is 11.0 Å². The second kappa shape index (κ2) is 6.40. The van der Waals surface area contributed by atoms with Gasteiger partial charge >= 0.3 is 0 Å². The molecule has 0 aliphatic rings. The highest BCUT2D eigenvalue weighted by Crippen LogP contribution is 2.28. The zero-order chi connectivity index (χ0) is 16.3. The van der Waals surface area contributed by atoms with Crippen molar-refractivity contribution in [2.45, 2.75) is 31.1 Å². The Labute approximate surface area is 134 Å². The Bertz CT molecular complexity index is 693. The van der Waals surface area contributed by atoms with Crippen LogP contribution in [0.15, 0.2) is 47.4 Å². The predicted molar refractivity (Wildman–Crippen MR) is 92.6 cm³/mol. The number of benzene rings is 2. The molecule has 22 heavy (non-hydrogen) atoms. The molecule has 0 spiro atoms. The third-order valence-corrected chi connectivity index (χ3v) is 4.47. The van der Waals surface area contributed by atoms with E-state index in [0.717, 1.165) is 5.69 Å². The number of hydrogen-bond acceptors (Lipinski definition) is 3. The molecule has 0 radical (unpaired) electrons. The van der Waals surface area contributed by atoms with E-state index in [1.165, 1.54) is 5.56 Å². The summed E-state index contributed by atoms with van der Waals surface area (Å²) in [5.74, 6) is 0.548. The molecule has 118 valence electrons. The summed E-state index contributed by atoms with van der Waals surface area (Å²) in [6.45, 7) is 6.43. The fourth-order valence-corrected chi connectivity index (χ4v) is 3.08. The number of anilines is 2. The van der Waals surface area contributed by atoms with Crippen LogP contribution in [0.5, 0.6) is 5.75 Å². The van der Waals surface area contributed by atoms with Gasteiger partial charge in [-0.3, -0.25) is 0 Å². The van der Waals surface area contributed by atoms with Gasteiger partial charge < -0.3 is 15.2 Å². The van der Waals surface area contributed by atoms with Gasteiger partial charge in [0.1, 0.15) is 10.6 Å². The molecule has 0 aliphatic heterocycles. The Balaban J connectivity index is 2.28. The molecule has 0 bridgehead atoms. The largest absolute Gasteiger partial charge is 0.495 e. The maximum absolute atomic E-state index is 12.6. The number of rotatable bonds is 4. The summed E-state index contributed by atoms with van der Waals surface area (Å²) in [5.41, 5.74) is 8.34. The van der Waals surface area contributed by atoms with E-state index in [0.29, 0.717) is 16.3 Å². The van der Waals surface area contributed by atoms with E-state index in [2.05, 4.69) is 31.6 Å². The van der Waals surface area contributed by atoms with Crippen molar-refractivity contribution in [2.75, 3.05) is 17.6 Å². The quantitative estimate of drug-likeness (QED) is 0.845. The fraction of sp³-hybridized carbons (Fsp3) is 0.294. The van der Waals surface area contributed by atoms with E-state index < -0.39 is 11.0 Å². The third kappa shape index (κ3) is 3.80. The maximum Gasteiger partial charge on any atom is 0.154 e. The molecule has 0 fully saturated rings. The lowest BCUT2D eigenvalue weighted by atomic mass is 9.87. The zero-order valence-electron chi connectivity index (χ0n) is 13.3. The van der Waals surface area contributed by atoms with Crippen molar-refractivity contribution < 1.29 is 8.95 Å². The van der Waals surface area contributed by atoms with Crippen LogP contribution < -0.4 is 15.2 Å². The molecule has 0 saturated heterocycles. The van der Waals surface area contributed by atoms with Crippen molar-refractivity contribution >= 4 is 22.4 Å². The molecule has 1 atom stereocenters. The molecule has 0 aliphatic carbocycles. The van der Waals surface area contributed by atoms with Crippen LogP contribution in [0.1, 0.15) is 26.3 Å². The van der Waals surface area contributed by atoms with Crippen LogP contribution in [0.4, 0.5) is 11.4 Å². The number of nitrogens with two attached hydrogens (primary N) is 1. The minimum Gasteiger partial charge on any atom is -0.495 e. The van der Waals surface area contributed by atoms with Gasteiger partial charge in [0, 0.05) is 11.4 Å². The van der Waals surface area contributed by atoms with E-state index in [1.807, 2.05) is 18.2 Å². The topological polar surface area (TPSA) is 64.3 Å². The van der Waals surface area contributed by atoms with Crippen molar-refractivity contribution in [3.63, 3.8) is 0 Å². The molecule has 4 nitrogen and oxygen atoms in total. The third-order valence-electron chi connectivity index (χ3n) is 3.33. The molecule has 0 amide bonds. The van der Waals surface area contributed by atoms with Crippen molar-refractivity contribution in [1.29, 1.82) is 0 Å². The maximum atomic E-state index is 12.6.